The van der Waals surface area contributed by atoms with Crippen molar-refractivity contribution in [2.45, 2.75) is 13.3 Å². The minimum atomic E-state index is -0.326. The van der Waals surface area contributed by atoms with Crippen LogP contribution in [0.25, 0.3) is 39.4 Å². The molecule has 0 aliphatic rings. The largest absolute Gasteiger partial charge is 0.494 e. The first kappa shape index (κ1) is 23.7. The zero-order valence-electron chi connectivity index (χ0n) is 20.4. The quantitative estimate of drug-likeness (QED) is 0.290. The Morgan fingerprint density at radius 3 is 2.39 bits per heavy atom. The summed E-state index contributed by atoms with van der Waals surface area (Å²) in [7, 11) is 0. The fourth-order valence-electron chi connectivity index (χ4n) is 4.06. The molecule has 9 heteroatoms. The predicted octanol–water partition coefficient (Wildman–Crippen LogP) is 5.15. The van der Waals surface area contributed by atoms with Crippen LogP contribution < -0.4 is 14.8 Å². The number of fused-ring (bicyclic) bond motifs is 1. The Morgan fingerprint density at radius 2 is 1.68 bits per heavy atom. The van der Waals surface area contributed by atoms with Gasteiger partial charge in [0.1, 0.15) is 17.3 Å². The van der Waals surface area contributed by atoms with Crippen LogP contribution in [0.1, 0.15) is 18.9 Å². The fraction of sp³-hybridized carbons (Fsp3) is 0.103. The normalized spacial score (nSPS) is 11.9. The summed E-state index contributed by atoms with van der Waals surface area (Å²) < 4.78 is 22.8. The molecular weight excluding hydrogens is 501 g/mol. The van der Waals surface area contributed by atoms with Gasteiger partial charge in [0.2, 0.25) is 4.96 Å². The highest BCUT2D eigenvalue weighted by Gasteiger charge is 2.15. The van der Waals surface area contributed by atoms with Crippen molar-refractivity contribution in [3.05, 3.63) is 111 Å². The van der Waals surface area contributed by atoms with E-state index >= 15 is 0 Å². The van der Waals surface area contributed by atoms with Crippen LogP contribution in [0, 0.1) is 5.82 Å². The predicted molar refractivity (Wildman–Crippen MR) is 146 cm³/mol. The Morgan fingerprint density at radius 1 is 0.947 bits per heavy atom. The number of halogens is 1. The highest BCUT2D eigenvalue weighted by molar-refractivity contribution is 7.15. The lowest BCUT2D eigenvalue weighted by atomic mass is 10.1. The summed E-state index contributed by atoms with van der Waals surface area (Å²) in [5, 5.41) is 9.20. The minimum absolute atomic E-state index is 0.260. The van der Waals surface area contributed by atoms with Crippen molar-refractivity contribution in [3.63, 3.8) is 0 Å². The fourth-order valence-corrected chi connectivity index (χ4v) is 4.95. The molecule has 3 aromatic carbocycles. The second kappa shape index (κ2) is 10.0. The van der Waals surface area contributed by atoms with Gasteiger partial charge < -0.3 is 4.74 Å². The molecule has 6 rings (SSSR count). The van der Waals surface area contributed by atoms with Crippen molar-refractivity contribution >= 4 is 22.4 Å². The van der Waals surface area contributed by atoms with Gasteiger partial charge in [-0.15, -0.1) is 5.10 Å². The summed E-state index contributed by atoms with van der Waals surface area (Å²) >= 11 is 1.26. The first-order valence-electron chi connectivity index (χ1n) is 12.1. The maximum atomic E-state index is 13.6. The van der Waals surface area contributed by atoms with E-state index in [1.165, 1.54) is 28.0 Å². The number of hydrogen-bond donors (Lipinski definition) is 0. The van der Waals surface area contributed by atoms with E-state index in [0.29, 0.717) is 27.6 Å². The lowest BCUT2D eigenvalue weighted by Gasteiger charge is -2.04. The number of aromatic nitrogens is 5. The molecule has 0 spiro atoms. The molecule has 0 saturated carbocycles. The van der Waals surface area contributed by atoms with E-state index in [9.17, 15) is 9.18 Å². The van der Waals surface area contributed by atoms with Crippen molar-refractivity contribution in [1.29, 1.82) is 0 Å². The third-order valence-corrected chi connectivity index (χ3v) is 6.89. The van der Waals surface area contributed by atoms with Crippen LogP contribution in [-0.2, 0) is 0 Å². The molecule has 0 fully saturated rings. The Balaban J connectivity index is 1.40. The maximum absolute atomic E-state index is 13.6. The van der Waals surface area contributed by atoms with Crippen LogP contribution in [0.15, 0.2) is 89.9 Å². The monoisotopic (exact) mass is 523 g/mol. The molecule has 0 aliphatic heterocycles. The molecule has 0 radical (unpaired) electrons. The van der Waals surface area contributed by atoms with Gasteiger partial charge in [-0.25, -0.2) is 9.07 Å². The average Bonchev–Trinajstić information content (AvgIpc) is 3.64. The van der Waals surface area contributed by atoms with Gasteiger partial charge >= 0.3 is 0 Å². The molecule has 38 heavy (non-hydrogen) atoms. The van der Waals surface area contributed by atoms with Gasteiger partial charge in [-0.1, -0.05) is 36.5 Å². The average molecular weight is 524 g/mol. The van der Waals surface area contributed by atoms with Gasteiger partial charge in [0.05, 0.1) is 16.8 Å². The van der Waals surface area contributed by atoms with Crippen LogP contribution in [0.3, 0.4) is 0 Å². The lowest BCUT2D eigenvalue weighted by molar-refractivity contribution is 0.317. The van der Waals surface area contributed by atoms with Crippen molar-refractivity contribution in [2.24, 2.45) is 0 Å². The number of rotatable bonds is 7. The van der Waals surface area contributed by atoms with Crippen molar-refractivity contribution in [1.82, 2.24) is 24.4 Å². The number of hydrogen-bond acceptors (Lipinski definition) is 6. The Bertz CT molecular complexity index is 1820. The molecule has 0 bridgehead atoms. The van der Waals surface area contributed by atoms with Gasteiger partial charge in [0, 0.05) is 22.9 Å². The number of thiazole rings is 1. The van der Waals surface area contributed by atoms with Crippen molar-refractivity contribution < 1.29 is 9.13 Å². The maximum Gasteiger partial charge on any atom is 0.291 e. The number of ether oxygens (including phenoxy) is 1. The van der Waals surface area contributed by atoms with Gasteiger partial charge in [-0.05, 0) is 73.2 Å². The van der Waals surface area contributed by atoms with Crippen LogP contribution in [0.2, 0.25) is 0 Å². The molecular formula is C29H22FN5O2S. The SMILES string of the molecule is CCCOc1ccc(-c2nc3sc(=Cc4cn(-c5ccccc5)nc4-c4ccc(F)cc4)c(=O)n3n2)cc1. The standard InChI is InChI=1S/C29H22FN5O2S/c1-2-16-37-24-14-10-20(11-15-24)27-31-29-35(33-27)28(36)25(38-29)17-21-18-34(23-6-4-3-5-7-23)32-26(21)19-8-12-22(30)13-9-19/h3-15,17-18H,2,16H2,1H3. The first-order chi connectivity index (χ1) is 18.6. The highest BCUT2D eigenvalue weighted by atomic mass is 32.1. The Hall–Kier alpha value is -4.63. The highest BCUT2D eigenvalue weighted by Crippen LogP contribution is 2.25. The summed E-state index contributed by atoms with van der Waals surface area (Å²) in [6.45, 7) is 2.71. The van der Waals surface area contributed by atoms with Gasteiger partial charge in [-0.2, -0.15) is 14.6 Å². The van der Waals surface area contributed by atoms with Crippen LogP contribution in [-0.4, -0.2) is 31.0 Å². The van der Waals surface area contributed by atoms with E-state index in [-0.39, 0.29) is 11.4 Å². The third-order valence-electron chi connectivity index (χ3n) is 5.93. The summed E-state index contributed by atoms with van der Waals surface area (Å²) in [6, 6.07) is 23.3. The molecule has 3 heterocycles. The lowest BCUT2D eigenvalue weighted by Crippen LogP contribution is -2.23. The topological polar surface area (TPSA) is 74.3 Å². The van der Waals surface area contributed by atoms with E-state index in [1.54, 1.807) is 22.9 Å². The van der Waals surface area contributed by atoms with E-state index in [1.807, 2.05) is 60.8 Å². The number of nitrogens with zero attached hydrogens (tertiary/aromatic N) is 5. The summed E-state index contributed by atoms with van der Waals surface area (Å²) in [5.74, 6) is 0.935. The zero-order chi connectivity index (χ0) is 26.1. The third kappa shape index (κ3) is 4.59. The summed E-state index contributed by atoms with van der Waals surface area (Å²) in [5.41, 5.74) is 3.52. The second-order valence-corrected chi connectivity index (χ2v) is 9.65. The first-order valence-corrected chi connectivity index (χ1v) is 13.0. The molecule has 188 valence electrons. The molecule has 7 nitrogen and oxygen atoms in total. The van der Waals surface area contributed by atoms with Gasteiger partial charge in [-0.3, -0.25) is 4.79 Å². The van der Waals surface area contributed by atoms with E-state index < -0.39 is 0 Å². The molecule has 6 aromatic rings. The molecule has 0 atom stereocenters. The molecule has 0 aliphatic carbocycles. The van der Waals surface area contributed by atoms with E-state index in [2.05, 4.69) is 17.0 Å². The minimum Gasteiger partial charge on any atom is -0.494 e. The molecule has 0 saturated heterocycles. The summed E-state index contributed by atoms with van der Waals surface area (Å²) in [6.07, 6.45) is 4.58. The molecule has 0 unspecified atom stereocenters. The molecule has 0 amide bonds. The van der Waals surface area contributed by atoms with Crippen molar-refractivity contribution in [2.75, 3.05) is 6.61 Å². The van der Waals surface area contributed by atoms with Gasteiger partial charge in [0.15, 0.2) is 5.82 Å². The smallest absolute Gasteiger partial charge is 0.291 e. The van der Waals surface area contributed by atoms with Crippen LogP contribution >= 0.6 is 11.3 Å². The molecule has 0 N–H and O–H groups in total. The van der Waals surface area contributed by atoms with E-state index in [0.717, 1.165) is 34.5 Å². The van der Waals surface area contributed by atoms with Crippen LogP contribution in [0.5, 0.6) is 5.75 Å². The van der Waals surface area contributed by atoms with Crippen LogP contribution in [0.4, 0.5) is 4.39 Å². The zero-order valence-corrected chi connectivity index (χ0v) is 21.2. The second-order valence-electron chi connectivity index (χ2n) is 8.64. The number of benzene rings is 3. The summed E-state index contributed by atoms with van der Waals surface area (Å²) in [4.78, 5) is 18.4. The Labute approximate surface area is 221 Å². The van der Waals surface area contributed by atoms with Crippen molar-refractivity contribution in [3.8, 4) is 34.1 Å². The number of para-hydroxylation sites is 1. The molecule has 3 aromatic heterocycles. The van der Waals surface area contributed by atoms with Gasteiger partial charge in [0.25, 0.3) is 5.56 Å². The Kier molecular flexibility index (Phi) is 6.27. The van der Waals surface area contributed by atoms with E-state index in [4.69, 9.17) is 9.84 Å².